The van der Waals surface area contributed by atoms with Crippen LogP contribution in [0.2, 0.25) is 0 Å². The van der Waals surface area contributed by atoms with E-state index in [1.807, 2.05) is 0 Å². The molecule has 0 aliphatic carbocycles. The minimum Gasteiger partial charge on any atom is -0.305 e. The summed E-state index contributed by atoms with van der Waals surface area (Å²) in [7, 11) is -3.41. The molecular formula is C13H11Cl3F3NO3S. The van der Waals surface area contributed by atoms with Gasteiger partial charge in [-0.25, -0.2) is 8.42 Å². The van der Waals surface area contributed by atoms with Crippen molar-refractivity contribution in [3.63, 3.8) is 0 Å². The van der Waals surface area contributed by atoms with Crippen LogP contribution in [0.5, 0.6) is 0 Å². The van der Waals surface area contributed by atoms with E-state index in [2.05, 4.69) is 0 Å². The fourth-order valence-corrected chi connectivity index (χ4v) is 4.41. The van der Waals surface area contributed by atoms with Crippen LogP contribution in [0.1, 0.15) is 12.0 Å². The molecule has 2 rings (SSSR count). The van der Waals surface area contributed by atoms with Crippen molar-refractivity contribution in [3.05, 3.63) is 29.8 Å². The fraction of sp³-hybridized carbons (Fsp3) is 0.462. The Morgan fingerprint density at radius 2 is 1.83 bits per heavy atom. The maximum absolute atomic E-state index is 12.9. The molecule has 1 unspecified atom stereocenters. The van der Waals surface area contributed by atoms with Crippen LogP contribution in [0.3, 0.4) is 0 Å². The summed E-state index contributed by atoms with van der Waals surface area (Å²) in [5.41, 5.74) is -1.17. The minimum absolute atomic E-state index is 0.0467. The first-order chi connectivity index (χ1) is 10.8. The van der Waals surface area contributed by atoms with E-state index in [-0.39, 0.29) is 17.9 Å². The van der Waals surface area contributed by atoms with Crippen LogP contribution in [-0.2, 0) is 20.8 Å². The van der Waals surface area contributed by atoms with E-state index in [9.17, 15) is 26.4 Å². The molecule has 24 heavy (non-hydrogen) atoms. The third-order valence-electron chi connectivity index (χ3n) is 3.49. The molecule has 1 aliphatic heterocycles. The van der Waals surface area contributed by atoms with Gasteiger partial charge in [-0.05, 0) is 24.6 Å². The number of sulfone groups is 1. The van der Waals surface area contributed by atoms with Crippen LogP contribution in [-0.4, -0.2) is 35.7 Å². The molecule has 1 aliphatic rings. The second-order valence-corrected chi connectivity index (χ2v) is 9.79. The molecule has 1 aromatic rings. The molecule has 4 nitrogen and oxygen atoms in total. The Morgan fingerprint density at radius 3 is 2.29 bits per heavy atom. The van der Waals surface area contributed by atoms with Gasteiger partial charge in [-0.3, -0.25) is 4.79 Å². The molecule has 0 aromatic heterocycles. The predicted molar refractivity (Wildman–Crippen MR) is 86.3 cm³/mol. The second-order valence-electron chi connectivity index (χ2n) is 5.28. The molecule has 0 N–H and O–H groups in total. The first-order valence-electron chi connectivity index (χ1n) is 6.59. The number of nitrogens with zero attached hydrogens (tertiary/aromatic N) is 1. The Labute approximate surface area is 151 Å². The first-order valence-corrected chi connectivity index (χ1v) is 9.55. The highest BCUT2D eigenvalue weighted by atomic mass is 35.6. The van der Waals surface area contributed by atoms with Gasteiger partial charge >= 0.3 is 6.18 Å². The summed E-state index contributed by atoms with van der Waals surface area (Å²) in [6.45, 7) is 0. The lowest BCUT2D eigenvalue weighted by molar-refractivity contribution is -0.137. The van der Waals surface area contributed by atoms with Crippen LogP contribution in [0.15, 0.2) is 24.3 Å². The smallest absolute Gasteiger partial charge is 0.305 e. The summed E-state index contributed by atoms with van der Waals surface area (Å²) in [5, 5.41) is 0. The molecule has 1 aromatic carbocycles. The Morgan fingerprint density at radius 1 is 1.21 bits per heavy atom. The Hall–Kier alpha value is -0.700. The topological polar surface area (TPSA) is 54.5 Å². The molecule has 1 atom stereocenters. The van der Waals surface area contributed by atoms with Gasteiger partial charge in [-0.2, -0.15) is 13.2 Å². The van der Waals surface area contributed by atoms with Crippen molar-refractivity contribution in [3.8, 4) is 0 Å². The Bertz CT molecular complexity index is 747. The SMILES string of the molecule is O=C(N(c1cccc(C(F)(F)F)c1)C1CCS(=O)(=O)C1)C(Cl)(Cl)Cl. The lowest BCUT2D eigenvalue weighted by atomic mass is 10.1. The average molecular weight is 425 g/mol. The van der Waals surface area contributed by atoms with Crippen LogP contribution in [0.25, 0.3) is 0 Å². The number of carbonyl (C=O) groups is 1. The standard InChI is InChI=1S/C13H11Cl3F3NO3S/c14-12(15,16)11(21)20(10-4-5-24(22,23)7-10)9-3-1-2-8(6-9)13(17,18)19/h1-3,6,10H,4-5,7H2. The highest BCUT2D eigenvalue weighted by Crippen LogP contribution is 2.37. The number of carbonyl (C=O) groups excluding carboxylic acids is 1. The molecule has 0 spiro atoms. The molecule has 1 fully saturated rings. The largest absolute Gasteiger partial charge is 0.416 e. The van der Waals surface area contributed by atoms with E-state index in [4.69, 9.17) is 34.8 Å². The van der Waals surface area contributed by atoms with Gasteiger partial charge in [-0.1, -0.05) is 40.9 Å². The van der Waals surface area contributed by atoms with Crippen molar-refractivity contribution in [2.24, 2.45) is 0 Å². The lowest BCUT2D eigenvalue weighted by Gasteiger charge is -2.31. The monoisotopic (exact) mass is 423 g/mol. The summed E-state index contributed by atoms with van der Waals surface area (Å²) in [6, 6.07) is 2.97. The summed E-state index contributed by atoms with van der Waals surface area (Å²) in [6.07, 6.45) is -4.59. The number of alkyl halides is 6. The molecule has 0 bridgehead atoms. The van der Waals surface area contributed by atoms with Crippen LogP contribution < -0.4 is 4.90 Å². The van der Waals surface area contributed by atoms with E-state index in [0.29, 0.717) is 0 Å². The second kappa shape index (κ2) is 6.55. The van der Waals surface area contributed by atoms with E-state index in [0.717, 1.165) is 23.1 Å². The summed E-state index contributed by atoms with van der Waals surface area (Å²) < 4.78 is 59.6. The van der Waals surface area contributed by atoms with Gasteiger partial charge in [0.2, 0.25) is 0 Å². The van der Waals surface area contributed by atoms with Crippen LogP contribution in [0.4, 0.5) is 18.9 Å². The molecule has 11 heteroatoms. The van der Waals surface area contributed by atoms with E-state index >= 15 is 0 Å². The maximum atomic E-state index is 12.9. The highest BCUT2D eigenvalue weighted by Gasteiger charge is 2.43. The average Bonchev–Trinajstić information content (AvgIpc) is 2.77. The van der Waals surface area contributed by atoms with Gasteiger partial charge in [0.1, 0.15) is 0 Å². The van der Waals surface area contributed by atoms with Crippen molar-refractivity contribution in [1.29, 1.82) is 0 Å². The number of rotatable bonds is 2. The number of hydrogen-bond donors (Lipinski definition) is 0. The van der Waals surface area contributed by atoms with Gasteiger partial charge in [0, 0.05) is 5.69 Å². The zero-order valence-electron chi connectivity index (χ0n) is 11.9. The molecule has 1 heterocycles. The fourth-order valence-electron chi connectivity index (χ4n) is 2.44. The van der Waals surface area contributed by atoms with Gasteiger partial charge < -0.3 is 4.90 Å². The van der Waals surface area contributed by atoms with Gasteiger partial charge in [-0.15, -0.1) is 0 Å². The third-order valence-corrected chi connectivity index (χ3v) is 5.72. The minimum atomic E-state index is -4.63. The summed E-state index contributed by atoms with van der Waals surface area (Å²) >= 11 is 16.7. The normalized spacial score (nSPS) is 20.8. The quantitative estimate of drug-likeness (QED) is 0.682. The molecule has 0 radical (unpaired) electrons. The van der Waals surface area contributed by atoms with Crippen molar-refractivity contribution in [2.75, 3.05) is 16.4 Å². The van der Waals surface area contributed by atoms with Crippen LogP contribution >= 0.6 is 34.8 Å². The number of halogens is 6. The Kier molecular flexibility index (Phi) is 5.36. The van der Waals surface area contributed by atoms with E-state index in [1.165, 1.54) is 6.07 Å². The van der Waals surface area contributed by atoms with Crippen molar-refractivity contribution < 1.29 is 26.4 Å². The zero-order chi connectivity index (χ0) is 18.3. The number of amides is 1. The van der Waals surface area contributed by atoms with Gasteiger partial charge in [0.15, 0.2) is 9.84 Å². The van der Waals surface area contributed by atoms with Gasteiger partial charge in [0.25, 0.3) is 9.70 Å². The molecule has 0 saturated carbocycles. The highest BCUT2D eigenvalue weighted by molar-refractivity contribution is 7.91. The molecular weight excluding hydrogens is 414 g/mol. The molecule has 1 saturated heterocycles. The molecule has 1 amide bonds. The zero-order valence-corrected chi connectivity index (χ0v) is 14.9. The van der Waals surface area contributed by atoms with E-state index < -0.39 is 43.1 Å². The Balaban J connectivity index is 2.49. The summed E-state index contributed by atoms with van der Waals surface area (Å²) in [4.78, 5) is 13.2. The summed E-state index contributed by atoms with van der Waals surface area (Å²) in [5.74, 6) is -1.70. The number of hydrogen-bond acceptors (Lipinski definition) is 3. The maximum Gasteiger partial charge on any atom is 0.416 e. The lowest BCUT2D eigenvalue weighted by Crippen LogP contribution is -2.47. The van der Waals surface area contributed by atoms with Crippen molar-refractivity contribution in [1.82, 2.24) is 0 Å². The number of anilines is 1. The van der Waals surface area contributed by atoms with Crippen molar-refractivity contribution in [2.45, 2.75) is 22.4 Å². The molecule has 134 valence electrons. The van der Waals surface area contributed by atoms with Gasteiger partial charge in [0.05, 0.1) is 23.1 Å². The predicted octanol–water partition coefficient (Wildman–Crippen LogP) is 3.60. The third kappa shape index (κ3) is 4.47. The van der Waals surface area contributed by atoms with Crippen molar-refractivity contribution >= 4 is 56.2 Å². The van der Waals surface area contributed by atoms with Crippen LogP contribution in [0, 0.1) is 0 Å². The number of benzene rings is 1. The first kappa shape index (κ1) is 19.6. The van der Waals surface area contributed by atoms with E-state index in [1.54, 1.807) is 0 Å².